The molecule has 4 aliphatic carbocycles. The standard InChI is InChI=1S/C17H15NO3/c19-9-3-1-8(2-4-9)18-16(20)14-10-5-6-11(13-7-12(10)13)15(14)17(18)21/h1-6,10-15,19H,7H2/t10-,11+,12+,13-,14-,15+. The summed E-state index contributed by atoms with van der Waals surface area (Å²) in [6.45, 7) is 0. The fraction of sp³-hybridized carbons (Fsp3) is 0.412. The molecule has 2 bridgehead atoms. The Labute approximate surface area is 122 Å². The van der Waals surface area contributed by atoms with Crippen molar-refractivity contribution >= 4 is 17.5 Å². The van der Waals surface area contributed by atoms with Crippen LogP contribution in [0.25, 0.3) is 0 Å². The molecule has 5 aliphatic rings. The molecule has 1 heterocycles. The summed E-state index contributed by atoms with van der Waals surface area (Å²) in [6, 6.07) is 6.31. The lowest BCUT2D eigenvalue weighted by atomic mass is 9.63. The Hall–Kier alpha value is -2.10. The van der Waals surface area contributed by atoms with Gasteiger partial charge in [-0.15, -0.1) is 0 Å². The van der Waals surface area contributed by atoms with Gasteiger partial charge in [-0.2, -0.15) is 0 Å². The fourth-order valence-corrected chi connectivity index (χ4v) is 4.81. The van der Waals surface area contributed by atoms with Gasteiger partial charge in [0.1, 0.15) is 5.75 Å². The van der Waals surface area contributed by atoms with Gasteiger partial charge >= 0.3 is 0 Å². The third-order valence-electron chi connectivity index (χ3n) is 5.77. The molecule has 1 N–H and O–H groups in total. The number of carbonyl (C=O) groups is 2. The lowest BCUT2D eigenvalue weighted by Crippen LogP contribution is -2.40. The van der Waals surface area contributed by atoms with Crippen molar-refractivity contribution in [3.63, 3.8) is 0 Å². The molecule has 1 saturated heterocycles. The zero-order chi connectivity index (χ0) is 14.3. The van der Waals surface area contributed by atoms with Crippen molar-refractivity contribution in [3.8, 4) is 5.75 Å². The first-order chi connectivity index (χ1) is 10.2. The van der Waals surface area contributed by atoms with E-state index < -0.39 is 0 Å². The highest BCUT2D eigenvalue weighted by Crippen LogP contribution is 2.65. The van der Waals surface area contributed by atoms with Crippen molar-refractivity contribution in [2.24, 2.45) is 35.5 Å². The molecular formula is C17H15NO3. The van der Waals surface area contributed by atoms with Crippen molar-refractivity contribution in [1.82, 2.24) is 0 Å². The smallest absolute Gasteiger partial charge is 0.238 e. The molecule has 1 aliphatic heterocycles. The molecule has 4 heteroatoms. The minimum Gasteiger partial charge on any atom is -0.508 e. The Morgan fingerprint density at radius 1 is 0.905 bits per heavy atom. The maximum absolute atomic E-state index is 12.8. The summed E-state index contributed by atoms with van der Waals surface area (Å²) in [5.41, 5.74) is 0.574. The highest BCUT2D eigenvalue weighted by atomic mass is 16.3. The van der Waals surface area contributed by atoms with Crippen LogP contribution in [0.2, 0.25) is 0 Å². The number of hydrogen-bond donors (Lipinski definition) is 1. The quantitative estimate of drug-likeness (QED) is 0.632. The molecule has 0 spiro atoms. The van der Waals surface area contributed by atoms with Crippen molar-refractivity contribution in [2.75, 3.05) is 4.90 Å². The molecule has 6 rings (SSSR count). The summed E-state index contributed by atoms with van der Waals surface area (Å²) in [7, 11) is 0. The lowest BCUT2D eigenvalue weighted by Gasteiger charge is -2.37. The van der Waals surface area contributed by atoms with Crippen molar-refractivity contribution < 1.29 is 14.7 Å². The van der Waals surface area contributed by atoms with Gasteiger partial charge in [0.2, 0.25) is 11.8 Å². The molecule has 1 aromatic rings. The molecular weight excluding hydrogens is 266 g/mol. The first kappa shape index (κ1) is 11.5. The number of carbonyl (C=O) groups excluding carboxylic acids is 2. The zero-order valence-corrected chi connectivity index (χ0v) is 11.3. The highest BCUT2D eigenvalue weighted by Gasteiger charge is 2.67. The van der Waals surface area contributed by atoms with E-state index in [0.717, 1.165) is 0 Å². The van der Waals surface area contributed by atoms with Crippen molar-refractivity contribution in [1.29, 1.82) is 0 Å². The molecule has 3 fully saturated rings. The second kappa shape index (κ2) is 3.56. The summed E-state index contributed by atoms with van der Waals surface area (Å²) in [5, 5.41) is 9.37. The topological polar surface area (TPSA) is 57.6 Å². The minimum absolute atomic E-state index is 0.0552. The predicted molar refractivity (Wildman–Crippen MR) is 75.3 cm³/mol. The minimum atomic E-state index is -0.162. The van der Waals surface area contributed by atoms with Gasteiger partial charge in [0, 0.05) is 0 Å². The lowest BCUT2D eigenvalue weighted by molar-refractivity contribution is -0.124. The van der Waals surface area contributed by atoms with Gasteiger partial charge in [0.15, 0.2) is 0 Å². The van der Waals surface area contributed by atoms with E-state index in [-0.39, 0.29) is 41.2 Å². The van der Waals surface area contributed by atoms with E-state index in [1.807, 2.05) is 0 Å². The second-order valence-electron chi connectivity index (χ2n) is 6.68. The van der Waals surface area contributed by atoms with Crippen LogP contribution in [-0.4, -0.2) is 16.9 Å². The summed E-state index contributed by atoms with van der Waals surface area (Å²) in [5.74, 6) is 1.46. The number of allylic oxidation sites excluding steroid dienone is 2. The number of rotatable bonds is 1. The van der Waals surface area contributed by atoms with E-state index in [1.54, 1.807) is 12.1 Å². The largest absolute Gasteiger partial charge is 0.508 e. The molecule has 0 unspecified atom stereocenters. The maximum Gasteiger partial charge on any atom is 0.238 e. The fourth-order valence-electron chi connectivity index (χ4n) is 4.81. The third kappa shape index (κ3) is 1.30. The number of imide groups is 1. The first-order valence-corrected chi connectivity index (χ1v) is 7.52. The molecule has 1 aromatic carbocycles. The molecule has 21 heavy (non-hydrogen) atoms. The maximum atomic E-state index is 12.8. The molecule has 2 amide bonds. The van der Waals surface area contributed by atoms with Gasteiger partial charge in [0.05, 0.1) is 17.5 Å². The van der Waals surface area contributed by atoms with Gasteiger partial charge in [-0.3, -0.25) is 14.5 Å². The van der Waals surface area contributed by atoms with Gasteiger partial charge in [0.25, 0.3) is 0 Å². The summed E-state index contributed by atoms with van der Waals surface area (Å²) in [6.07, 6.45) is 5.52. The van der Waals surface area contributed by atoms with E-state index in [0.29, 0.717) is 17.5 Å². The molecule has 2 saturated carbocycles. The van der Waals surface area contributed by atoms with E-state index in [1.165, 1.54) is 23.5 Å². The van der Waals surface area contributed by atoms with E-state index >= 15 is 0 Å². The van der Waals surface area contributed by atoms with Crippen LogP contribution in [-0.2, 0) is 9.59 Å². The van der Waals surface area contributed by atoms with Crippen LogP contribution in [0.15, 0.2) is 36.4 Å². The van der Waals surface area contributed by atoms with Gasteiger partial charge in [-0.25, -0.2) is 0 Å². The molecule has 0 radical (unpaired) electrons. The van der Waals surface area contributed by atoms with Crippen LogP contribution >= 0.6 is 0 Å². The second-order valence-corrected chi connectivity index (χ2v) is 6.68. The van der Waals surface area contributed by atoms with Crippen LogP contribution in [0, 0.1) is 35.5 Å². The van der Waals surface area contributed by atoms with Crippen LogP contribution in [0.4, 0.5) is 5.69 Å². The van der Waals surface area contributed by atoms with Crippen LogP contribution < -0.4 is 4.90 Å². The van der Waals surface area contributed by atoms with Crippen molar-refractivity contribution in [2.45, 2.75) is 6.42 Å². The normalized spacial score (nSPS) is 42.2. The number of hydrogen-bond acceptors (Lipinski definition) is 3. The number of phenolic OH excluding ortho intramolecular Hbond substituents is 1. The predicted octanol–water partition coefficient (Wildman–Crippen LogP) is 1.95. The van der Waals surface area contributed by atoms with E-state index in [9.17, 15) is 14.7 Å². The Kier molecular flexibility index (Phi) is 1.96. The van der Waals surface area contributed by atoms with Crippen LogP contribution in [0.3, 0.4) is 0 Å². The molecule has 106 valence electrons. The average molecular weight is 281 g/mol. The Morgan fingerprint density at radius 2 is 1.43 bits per heavy atom. The highest BCUT2D eigenvalue weighted by molar-refractivity contribution is 6.22. The SMILES string of the molecule is O=C1[C@@H]2[C@@H]3C=C[C@@H]([C@H]4C[C@@H]34)[C@@H]2C(=O)N1c1ccc(O)cc1. The molecule has 0 aromatic heterocycles. The number of phenols is 1. The van der Waals surface area contributed by atoms with E-state index in [4.69, 9.17) is 0 Å². The van der Waals surface area contributed by atoms with Crippen LogP contribution in [0.5, 0.6) is 5.75 Å². The zero-order valence-electron chi connectivity index (χ0n) is 11.3. The molecule has 6 atom stereocenters. The number of anilines is 1. The Bertz CT molecular complexity index is 656. The Balaban J connectivity index is 1.58. The van der Waals surface area contributed by atoms with Crippen LogP contribution in [0.1, 0.15) is 6.42 Å². The van der Waals surface area contributed by atoms with Crippen molar-refractivity contribution in [3.05, 3.63) is 36.4 Å². The van der Waals surface area contributed by atoms with Gasteiger partial charge in [-0.1, -0.05) is 12.2 Å². The molecule has 4 nitrogen and oxygen atoms in total. The average Bonchev–Trinajstić information content (AvgIpc) is 3.26. The van der Waals surface area contributed by atoms with Gasteiger partial charge < -0.3 is 5.11 Å². The number of aromatic hydroxyl groups is 1. The third-order valence-corrected chi connectivity index (χ3v) is 5.77. The monoisotopic (exact) mass is 281 g/mol. The summed E-state index contributed by atoms with van der Waals surface area (Å²) >= 11 is 0. The first-order valence-electron chi connectivity index (χ1n) is 7.52. The Morgan fingerprint density at radius 3 is 1.95 bits per heavy atom. The number of amides is 2. The van der Waals surface area contributed by atoms with E-state index in [2.05, 4.69) is 12.2 Å². The summed E-state index contributed by atoms with van der Waals surface area (Å²) in [4.78, 5) is 26.9. The van der Waals surface area contributed by atoms with Gasteiger partial charge in [-0.05, 0) is 54.4 Å². The summed E-state index contributed by atoms with van der Waals surface area (Å²) < 4.78 is 0. The number of benzene rings is 1. The number of nitrogens with zero attached hydrogens (tertiary/aromatic N) is 1.